The van der Waals surface area contributed by atoms with E-state index in [4.69, 9.17) is 0 Å². The Labute approximate surface area is 86.5 Å². The van der Waals surface area contributed by atoms with E-state index < -0.39 is 0 Å². The molecule has 3 heterocycles. The van der Waals surface area contributed by atoms with E-state index in [2.05, 4.69) is 10.1 Å². The number of aromatic nitrogens is 3. The molecule has 2 aromatic rings. The van der Waals surface area contributed by atoms with Gasteiger partial charge in [0.25, 0.3) is 0 Å². The Kier molecular flexibility index (Phi) is 1.94. The van der Waals surface area contributed by atoms with E-state index in [0.29, 0.717) is 5.92 Å². The third-order valence-corrected chi connectivity index (χ3v) is 3.71. The zero-order chi connectivity index (χ0) is 9.38. The minimum Gasteiger partial charge on any atom is -0.221 e. The summed E-state index contributed by atoms with van der Waals surface area (Å²) >= 11 is 2.00. The molecular weight excluding hydrogens is 194 g/mol. The third kappa shape index (κ3) is 1.30. The first-order valence-corrected chi connectivity index (χ1v) is 5.98. The summed E-state index contributed by atoms with van der Waals surface area (Å²) in [6.07, 6.45) is 3.18. The van der Waals surface area contributed by atoms with Gasteiger partial charge in [-0.05, 0) is 24.3 Å². The fourth-order valence-electron chi connectivity index (χ4n) is 1.76. The molecule has 1 aliphatic rings. The second kappa shape index (κ2) is 3.28. The number of nitrogens with zero attached hydrogens (tertiary/aromatic N) is 3. The highest BCUT2D eigenvalue weighted by Crippen LogP contribution is 2.30. The van der Waals surface area contributed by atoms with Gasteiger partial charge in [-0.1, -0.05) is 6.07 Å². The molecule has 1 saturated heterocycles. The Balaban J connectivity index is 2.05. The molecule has 0 aromatic carbocycles. The number of thioether (sulfide) groups is 1. The molecule has 0 aliphatic carbocycles. The number of hydrogen-bond acceptors (Lipinski definition) is 3. The quantitative estimate of drug-likeness (QED) is 0.712. The van der Waals surface area contributed by atoms with Gasteiger partial charge in [0.2, 0.25) is 0 Å². The highest BCUT2D eigenvalue weighted by Gasteiger charge is 2.21. The first-order valence-electron chi connectivity index (χ1n) is 4.82. The van der Waals surface area contributed by atoms with Gasteiger partial charge in [0.1, 0.15) is 0 Å². The minimum atomic E-state index is 0.569. The van der Waals surface area contributed by atoms with Crippen molar-refractivity contribution in [1.29, 1.82) is 0 Å². The summed E-state index contributed by atoms with van der Waals surface area (Å²) in [5.74, 6) is 4.01. The SMILES string of the molecule is c1ccn2nc(C3CCSC3)nc2c1. The summed E-state index contributed by atoms with van der Waals surface area (Å²) in [4.78, 5) is 4.53. The fraction of sp³-hybridized carbons (Fsp3) is 0.400. The fourth-order valence-corrected chi connectivity index (χ4v) is 2.98. The monoisotopic (exact) mass is 205 g/mol. The van der Waals surface area contributed by atoms with Gasteiger partial charge in [0.05, 0.1) is 0 Å². The standard InChI is InChI=1S/C10H11N3S/c1-2-5-13-9(3-1)11-10(12-13)8-4-6-14-7-8/h1-3,5,8H,4,6-7H2. The van der Waals surface area contributed by atoms with Gasteiger partial charge in [0, 0.05) is 17.9 Å². The van der Waals surface area contributed by atoms with Crippen LogP contribution in [0.5, 0.6) is 0 Å². The molecule has 1 aliphatic heterocycles. The molecule has 0 N–H and O–H groups in total. The number of pyridine rings is 1. The van der Waals surface area contributed by atoms with Crippen LogP contribution in [0, 0.1) is 0 Å². The Bertz CT molecular complexity index is 412. The van der Waals surface area contributed by atoms with E-state index >= 15 is 0 Å². The van der Waals surface area contributed by atoms with E-state index in [9.17, 15) is 0 Å². The maximum atomic E-state index is 4.53. The lowest BCUT2D eigenvalue weighted by Crippen LogP contribution is -1.99. The van der Waals surface area contributed by atoms with E-state index in [1.165, 1.54) is 17.9 Å². The molecule has 1 fully saturated rings. The first-order chi connectivity index (χ1) is 6.93. The van der Waals surface area contributed by atoms with Crippen LogP contribution in [0.2, 0.25) is 0 Å². The lowest BCUT2D eigenvalue weighted by molar-refractivity contribution is 0.713. The first kappa shape index (κ1) is 8.29. The molecular formula is C10H11N3S. The van der Waals surface area contributed by atoms with Gasteiger partial charge < -0.3 is 0 Å². The van der Waals surface area contributed by atoms with E-state index in [-0.39, 0.29) is 0 Å². The second-order valence-electron chi connectivity index (χ2n) is 3.53. The van der Waals surface area contributed by atoms with Crippen LogP contribution in [-0.4, -0.2) is 26.1 Å². The van der Waals surface area contributed by atoms with Crippen LogP contribution in [0.25, 0.3) is 5.65 Å². The highest BCUT2D eigenvalue weighted by atomic mass is 32.2. The van der Waals surface area contributed by atoms with Crippen LogP contribution in [0.4, 0.5) is 0 Å². The summed E-state index contributed by atoms with van der Waals surface area (Å²) in [6.45, 7) is 0. The Morgan fingerprint density at radius 1 is 1.43 bits per heavy atom. The van der Waals surface area contributed by atoms with Crippen molar-refractivity contribution in [3.05, 3.63) is 30.2 Å². The van der Waals surface area contributed by atoms with Gasteiger partial charge in [-0.25, -0.2) is 9.50 Å². The highest BCUT2D eigenvalue weighted by molar-refractivity contribution is 7.99. The van der Waals surface area contributed by atoms with Crippen LogP contribution < -0.4 is 0 Å². The van der Waals surface area contributed by atoms with Gasteiger partial charge in [-0.3, -0.25) is 0 Å². The number of hydrogen-bond donors (Lipinski definition) is 0. The summed E-state index contributed by atoms with van der Waals surface area (Å²) in [5.41, 5.74) is 0.958. The van der Waals surface area contributed by atoms with Crippen molar-refractivity contribution < 1.29 is 0 Å². The lowest BCUT2D eigenvalue weighted by Gasteiger charge is -1.99. The van der Waals surface area contributed by atoms with E-state index in [0.717, 1.165) is 11.5 Å². The third-order valence-electron chi connectivity index (χ3n) is 2.55. The molecule has 4 heteroatoms. The molecule has 2 aromatic heterocycles. The lowest BCUT2D eigenvalue weighted by atomic mass is 10.1. The molecule has 1 unspecified atom stereocenters. The molecule has 0 amide bonds. The molecule has 72 valence electrons. The van der Waals surface area contributed by atoms with Crippen molar-refractivity contribution in [2.24, 2.45) is 0 Å². The van der Waals surface area contributed by atoms with Crippen LogP contribution in [-0.2, 0) is 0 Å². The average Bonchev–Trinajstić information content (AvgIpc) is 2.86. The minimum absolute atomic E-state index is 0.569. The largest absolute Gasteiger partial charge is 0.221 e. The predicted octanol–water partition coefficient (Wildman–Crippen LogP) is 1.95. The average molecular weight is 205 g/mol. The Hall–Kier alpha value is -1.03. The zero-order valence-corrected chi connectivity index (χ0v) is 8.57. The summed E-state index contributed by atoms with van der Waals surface area (Å²) < 4.78 is 1.86. The van der Waals surface area contributed by atoms with Crippen LogP contribution >= 0.6 is 11.8 Å². The second-order valence-corrected chi connectivity index (χ2v) is 4.68. The summed E-state index contributed by atoms with van der Waals surface area (Å²) in [6, 6.07) is 5.98. The number of fused-ring (bicyclic) bond motifs is 1. The van der Waals surface area contributed by atoms with Crippen molar-refractivity contribution >= 4 is 17.4 Å². The van der Waals surface area contributed by atoms with Crippen LogP contribution in [0.15, 0.2) is 24.4 Å². The van der Waals surface area contributed by atoms with Crippen molar-refractivity contribution in [3.63, 3.8) is 0 Å². The molecule has 0 radical (unpaired) electrons. The summed E-state index contributed by atoms with van der Waals surface area (Å²) in [7, 11) is 0. The van der Waals surface area contributed by atoms with Gasteiger partial charge >= 0.3 is 0 Å². The maximum Gasteiger partial charge on any atom is 0.155 e. The smallest absolute Gasteiger partial charge is 0.155 e. The zero-order valence-electron chi connectivity index (χ0n) is 7.76. The number of rotatable bonds is 1. The topological polar surface area (TPSA) is 30.2 Å². The molecule has 3 rings (SSSR count). The predicted molar refractivity (Wildman–Crippen MR) is 57.7 cm³/mol. The maximum absolute atomic E-state index is 4.53. The van der Waals surface area contributed by atoms with Crippen molar-refractivity contribution in [3.8, 4) is 0 Å². The molecule has 0 spiro atoms. The van der Waals surface area contributed by atoms with Gasteiger partial charge in [-0.15, -0.1) is 0 Å². The van der Waals surface area contributed by atoms with Crippen molar-refractivity contribution in [2.45, 2.75) is 12.3 Å². The Morgan fingerprint density at radius 3 is 3.21 bits per heavy atom. The van der Waals surface area contributed by atoms with Crippen molar-refractivity contribution in [2.75, 3.05) is 11.5 Å². The van der Waals surface area contributed by atoms with Crippen LogP contribution in [0.1, 0.15) is 18.2 Å². The Morgan fingerprint density at radius 2 is 2.43 bits per heavy atom. The van der Waals surface area contributed by atoms with E-state index in [1.807, 2.05) is 40.7 Å². The normalized spacial score (nSPS) is 21.9. The summed E-state index contributed by atoms with van der Waals surface area (Å²) in [5, 5.41) is 4.49. The molecule has 14 heavy (non-hydrogen) atoms. The molecule has 0 saturated carbocycles. The molecule has 0 bridgehead atoms. The molecule has 1 atom stereocenters. The van der Waals surface area contributed by atoms with Gasteiger partial charge in [-0.2, -0.15) is 16.9 Å². The van der Waals surface area contributed by atoms with Gasteiger partial charge in [0.15, 0.2) is 11.5 Å². The van der Waals surface area contributed by atoms with Crippen molar-refractivity contribution in [1.82, 2.24) is 14.6 Å². The molecule has 3 nitrogen and oxygen atoms in total. The van der Waals surface area contributed by atoms with E-state index in [1.54, 1.807) is 0 Å². The van der Waals surface area contributed by atoms with Crippen LogP contribution in [0.3, 0.4) is 0 Å².